The third kappa shape index (κ3) is 2.26. The van der Waals surface area contributed by atoms with Gasteiger partial charge in [-0.15, -0.1) is 0 Å². The molecule has 0 aromatic carbocycles. The van der Waals surface area contributed by atoms with Gasteiger partial charge in [0.1, 0.15) is 18.0 Å². The van der Waals surface area contributed by atoms with Crippen molar-refractivity contribution in [2.24, 2.45) is 5.92 Å². The van der Waals surface area contributed by atoms with Crippen molar-refractivity contribution in [1.82, 2.24) is 9.97 Å². The van der Waals surface area contributed by atoms with Gasteiger partial charge in [-0.2, -0.15) is 0 Å². The lowest BCUT2D eigenvalue weighted by Gasteiger charge is -2.11. The third-order valence-corrected chi connectivity index (χ3v) is 3.25. The number of nitrogens with zero attached hydrogens (tertiary/aromatic N) is 2. The molecule has 2 atom stereocenters. The summed E-state index contributed by atoms with van der Waals surface area (Å²) in [4.78, 5) is 8.36. The zero-order chi connectivity index (χ0) is 11.5. The molecule has 16 heavy (non-hydrogen) atoms. The molecule has 1 fully saturated rings. The van der Waals surface area contributed by atoms with Gasteiger partial charge in [-0.3, -0.25) is 0 Å². The van der Waals surface area contributed by atoms with Crippen molar-refractivity contribution in [1.29, 1.82) is 0 Å². The van der Waals surface area contributed by atoms with Crippen LogP contribution < -0.4 is 11.1 Å². The van der Waals surface area contributed by atoms with Crippen LogP contribution in [-0.2, 0) is 6.42 Å². The van der Waals surface area contributed by atoms with E-state index in [2.05, 4.69) is 29.1 Å². The van der Waals surface area contributed by atoms with E-state index in [1.807, 2.05) is 0 Å². The maximum absolute atomic E-state index is 5.88. The summed E-state index contributed by atoms with van der Waals surface area (Å²) in [5.41, 5.74) is 6.96. The van der Waals surface area contributed by atoms with E-state index in [1.165, 1.54) is 12.8 Å². The van der Waals surface area contributed by atoms with E-state index >= 15 is 0 Å². The topological polar surface area (TPSA) is 63.8 Å². The van der Waals surface area contributed by atoms with Crippen LogP contribution >= 0.6 is 0 Å². The van der Waals surface area contributed by atoms with Crippen LogP contribution in [-0.4, -0.2) is 16.0 Å². The maximum Gasteiger partial charge on any atom is 0.134 e. The summed E-state index contributed by atoms with van der Waals surface area (Å²) in [7, 11) is 0. The van der Waals surface area contributed by atoms with Crippen LogP contribution in [0.2, 0.25) is 0 Å². The number of hydrogen-bond acceptors (Lipinski definition) is 4. The first kappa shape index (κ1) is 11.2. The molecule has 4 heteroatoms. The molecule has 1 aliphatic rings. The molecule has 4 nitrogen and oxygen atoms in total. The number of rotatable bonds is 5. The van der Waals surface area contributed by atoms with Gasteiger partial charge in [0, 0.05) is 11.6 Å². The fourth-order valence-corrected chi connectivity index (χ4v) is 2.10. The van der Waals surface area contributed by atoms with Crippen LogP contribution in [0.15, 0.2) is 6.33 Å². The summed E-state index contributed by atoms with van der Waals surface area (Å²) in [5.74, 6) is 2.37. The van der Waals surface area contributed by atoms with E-state index in [0.29, 0.717) is 11.9 Å². The second-order valence-electron chi connectivity index (χ2n) is 4.49. The van der Waals surface area contributed by atoms with Crippen LogP contribution in [0.3, 0.4) is 0 Å². The molecule has 0 amide bonds. The van der Waals surface area contributed by atoms with Crippen molar-refractivity contribution < 1.29 is 0 Å². The standard InChI is InChI=1S/C12H20N4/c1-3-5-9-11(13)14-7-15-12(9)16-10-6-8(10)4-2/h7-8,10H,3-6H2,1-2H3,(H3,13,14,15,16). The Kier molecular flexibility index (Phi) is 3.27. The normalized spacial score (nSPS) is 23.1. The van der Waals surface area contributed by atoms with Gasteiger partial charge >= 0.3 is 0 Å². The smallest absolute Gasteiger partial charge is 0.134 e. The Morgan fingerprint density at radius 2 is 2.25 bits per heavy atom. The average molecular weight is 220 g/mol. The molecule has 0 bridgehead atoms. The molecular weight excluding hydrogens is 200 g/mol. The predicted molar refractivity (Wildman–Crippen MR) is 66.2 cm³/mol. The molecule has 1 aromatic heterocycles. The second kappa shape index (κ2) is 4.68. The average Bonchev–Trinajstić information content (AvgIpc) is 3.02. The molecule has 3 N–H and O–H groups in total. The molecule has 1 aliphatic carbocycles. The fourth-order valence-electron chi connectivity index (χ4n) is 2.10. The SMILES string of the molecule is CCCc1c(N)ncnc1NC1CC1CC. The van der Waals surface area contributed by atoms with E-state index in [4.69, 9.17) is 5.73 Å². The molecule has 1 aromatic rings. The van der Waals surface area contributed by atoms with Crippen LogP contribution in [0, 0.1) is 5.92 Å². The molecular formula is C12H20N4. The van der Waals surface area contributed by atoms with Gasteiger partial charge in [0.05, 0.1) is 0 Å². The summed E-state index contributed by atoms with van der Waals surface area (Å²) in [5, 5.41) is 3.48. The number of hydrogen-bond donors (Lipinski definition) is 2. The molecule has 1 heterocycles. The minimum atomic E-state index is 0.593. The van der Waals surface area contributed by atoms with E-state index in [1.54, 1.807) is 6.33 Å². The van der Waals surface area contributed by atoms with Gasteiger partial charge in [-0.25, -0.2) is 9.97 Å². The fraction of sp³-hybridized carbons (Fsp3) is 0.667. The summed E-state index contributed by atoms with van der Waals surface area (Å²) in [6, 6.07) is 0.593. The monoisotopic (exact) mass is 220 g/mol. The van der Waals surface area contributed by atoms with Crippen LogP contribution in [0.25, 0.3) is 0 Å². The second-order valence-corrected chi connectivity index (χ2v) is 4.49. The van der Waals surface area contributed by atoms with Gasteiger partial charge in [0.25, 0.3) is 0 Å². The Morgan fingerprint density at radius 3 is 2.88 bits per heavy atom. The van der Waals surface area contributed by atoms with Crippen LogP contribution in [0.1, 0.15) is 38.7 Å². The van der Waals surface area contributed by atoms with Gasteiger partial charge in [0.2, 0.25) is 0 Å². The van der Waals surface area contributed by atoms with Gasteiger partial charge in [-0.05, 0) is 18.8 Å². The van der Waals surface area contributed by atoms with E-state index < -0.39 is 0 Å². The third-order valence-electron chi connectivity index (χ3n) is 3.25. The number of nitrogens with one attached hydrogen (secondary N) is 1. The Bertz CT molecular complexity index is 364. The first-order valence-electron chi connectivity index (χ1n) is 6.12. The molecule has 0 aliphatic heterocycles. The largest absolute Gasteiger partial charge is 0.383 e. The molecule has 2 rings (SSSR count). The molecule has 2 unspecified atom stereocenters. The van der Waals surface area contributed by atoms with Crippen molar-refractivity contribution in [2.45, 2.75) is 45.6 Å². The highest BCUT2D eigenvalue weighted by atomic mass is 15.1. The van der Waals surface area contributed by atoms with Gasteiger partial charge in [-0.1, -0.05) is 26.7 Å². The highest BCUT2D eigenvalue weighted by Crippen LogP contribution is 2.36. The van der Waals surface area contributed by atoms with Gasteiger partial charge in [0.15, 0.2) is 0 Å². The van der Waals surface area contributed by atoms with Crippen molar-refractivity contribution in [3.05, 3.63) is 11.9 Å². The number of aromatic nitrogens is 2. The molecule has 0 spiro atoms. The molecule has 1 saturated carbocycles. The van der Waals surface area contributed by atoms with E-state index in [-0.39, 0.29) is 0 Å². The zero-order valence-electron chi connectivity index (χ0n) is 10.0. The number of nitrogens with two attached hydrogens (primary N) is 1. The summed E-state index contributed by atoms with van der Waals surface area (Å²) < 4.78 is 0. The number of anilines is 2. The highest BCUT2D eigenvalue weighted by Gasteiger charge is 2.35. The van der Waals surface area contributed by atoms with Crippen molar-refractivity contribution in [2.75, 3.05) is 11.1 Å². The van der Waals surface area contributed by atoms with E-state index in [9.17, 15) is 0 Å². The van der Waals surface area contributed by atoms with E-state index in [0.717, 1.165) is 30.1 Å². The lowest BCUT2D eigenvalue weighted by molar-refractivity contribution is 0.771. The van der Waals surface area contributed by atoms with Crippen molar-refractivity contribution in [3.8, 4) is 0 Å². The Balaban J connectivity index is 2.10. The van der Waals surface area contributed by atoms with Crippen LogP contribution in [0.4, 0.5) is 11.6 Å². The molecule has 0 saturated heterocycles. The quantitative estimate of drug-likeness (QED) is 0.798. The predicted octanol–water partition coefficient (Wildman–Crippen LogP) is 2.22. The van der Waals surface area contributed by atoms with Gasteiger partial charge < -0.3 is 11.1 Å². The maximum atomic E-state index is 5.88. The lowest BCUT2D eigenvalue weighted by Crippen LogP contribution is -2.11. The summed E-state index contributed by atoms with van der Waals surface area (Å²) >= 11 is 0. The Morgan fingerprint density at radius 1 is 1.44 bits per heavy atom. The van der Waals surface area contributed by atoms with Crippen molar-refractivity contribution in [3.63, 3.8) is 0 Å². The first-order chi connectivity index (χ1) is 7.76. The Labute approximate surface area is 96.7 Å². The van der Waals surface area contributed by atoms with Crippen LogP contribution in [0.5, 0.6) is 0 Å². The minimum absolute atomic E-state index is 0.593. The summed E-state index contributed by atoms with van der Waals surface area (Å²) in [6.45, 7) is 4.37. The minimum Gasteiger partial charge on any atom is -0.383 e. The highest BCUT2D eigenvalue weighted by molar-refractivity contribution is 5.56. The Hall–Kier alpha value is -1.32. The summed E-state index contributed by atoms with van der Waals surface area (Å²) in [6.07, 6.45) is 6.04. The lowest BCUT2D eigenvalue weighted by atomic mass is 10.1. The molecule has 0 radical (unpaired) electrons. The van der Waals surface area contributed by atoms with Crippen molar-refractivity contribution >= 4 is 11.6 Å². The zero-order valence-corrected chi connectivity index (χ0v) is 10.0. The first-order valence-corrected chi connectivity index (χ1v) is 6.12. The molecule has 88 valence electrons. The number of nitrogen functional groups attached to an aromatic ring is 1.